The normalized spacial score (nSPS) is 11.6. The molecule has 2 rings (SSSR count). The van der Waals surface area contributed by atoms with Gasteiger partial charge in [0.1, 0.15) is 0 Å². The summed E-state index contributed by atoms with van der Waals surface area (Å²) in [4.78, 5) is 10.6. The highest BCUT2D eigenvalue weighted by molar-refractivity contribution is 14.0. The van der Waals surface area contributed by atoms with E-state index in [4.69, 9.17) is 4.52 Å². The van der Waals surface area contributed by atoms with Crippen molar-refractivity contribution in [2.24, 2.45) is 12.0 Å². The van der Waals surface area contributed by atoms with E-state index in [9.17, 15) is 0 Å². The second-order valence-electron chi connectivity index (χ2n) is 6.18. The van der Waals surface area contributed by atoms with Crippen LogP contribution in [0.4, 0.5) is 0 Å². The predicted octanol–water partition coefficient (Wildman–Crippen LogP) is 2.10. The molecule has 0 aromatic carbocycles. The van der Waals surface area contributed by atoms with E-state index in [1.807, 2.05) is 25.7 Å². The molecule has 0 radical (unpaired) electrons. The maximum atomic E-state index is 5.12. The molecule has 0 fully saturated rings. The number of rotatable bonds is 6. The maximum Gasteiger partial charge on any atom is 0.228 e. The molecule has 0 saturated carbocycles. The van der Waals surface area contributed by atoms with Gasteiger partial charge in [0.15, 0.2) is 11.8 Å². The van der Waals surface area contributed by atoms with Crippen LogP contribution in [0.15, 0.2) is 15.7 Å². The molecular formula is C16H28IN7O. The average Bonchev–Trinajstić information content (AvgIpc) is 3.09. The summed E-state index contributed by atoms with van der Waals surface area (Å²) < 4.78 is 6.98. The molecule has 0 unspecified atom stereocenters. The quantitative estimate of drug-likeness (QED) is 0.403. The molecule has 0 spiro atoms. The van der Waals surface area contributed by atoms with Crippen molar-refractivity contribution in [3.05, 3.63) is 29.2 Å². The topological polar surface area (TPSA) is 84.4 Å². The van der Waals surface area contributed by atoms with Crippen LogP contribution in [0.25, 0.3) is 0 Å². The second kappa shape index (κ2) is 9.73. The molecular weight excluding hydrogens is 433 g/mol. The Morgan fingerprint density at radius 1 is 1.44 bits per heavy atom. The molecule has 1 N–H and O–H groups in total. The Morgan fingerprint density at radius 3 is 2.72 bits per heavy atom. The predicted molar refractivity (Wildman–Crippen MR) is 108 cm³/mol. The molecule has 0 atom stereocenters. The standard InChI is InChI=1S/C16H27N7O.HI/c1-11(2)15-13(10-23(6)20-15)9-22(5)16(17-4)18-8-7-14-19-12(3)21-24-14;/h10-11H,7-9H2,1-6H3,(H,17,18);1H. The van der Waals surface area contributed by atoms with Gasteiger partial charge < -0.3 is 14.7 Å². The number of nitrogens with zero attached hydrogens (tertiary/aromatic N) is 6. The third-order valence-electron chi connectivity index (χ3n) is 3.66. The molecule has 0 aliphatic carbocycles. The number of aryl methyl sites for hydroxylation is 2. The average molecular weight is 461 g/mol. The van der Waals surface area contributed by atoms with Crippen molar-refractivity contribution in [1.82, 2.24) is 30.1 Å². The van der Waals surface area contributed by atoms with Crippen LogP contribution in [0.1, 0.15) is 42.7 Å². The molecule has 2 aromatic rings. The van der Waals surface area contributed by atoms with Gasteiger partial charge in [0.25, 0.3) is 0 Å². The Kier molecular flexibility index (Phi) is 8.33. The molecule has 25 heavy (non-hydrogen) atoms. The van der Waals surface area contributed by atoms with E-state index in [0.29, 0.717) is 30.6 Å². The van der Waals surface area contributed by atoms with Crippen LogP contribution < -0.4 is 5.32 Å². The number of aliphatic imine (C=N–C) groups is 1. The molecule has 0 saturated heterocycles. The number of aromatic nitrogens is 4. The zero-order valence-electron chi connectivity index (χ0n) is 15.8. The van der Waals surface area contributed by atoms with Gasteiger partial charge >= 0.3 is 0 Å². The van der Waals surface area contributed by atoms with E-state index in [0.717, 1.165) is 18.2 Å². The van der Waals surface area contributed by atoms with E-state index < -0.39 is 0 Å². The fourth-order valence-corrected chi connectivity index (χ4v) is 2.60. The minimum atomic E-state index is 0. The van der Waals surface area contributed by atoms with Crippen LogP contribution in [0, 0.1) is 6.92 Å². The van der Waals surface area contributed by atoms with Crippen LogP contribution in [0.5, 0.6) is 0 Å². The highest BCUT2D eigenvalue weighted by Crippen LogP contribution is 2.18. The molecule has 0 aliphatic rings. The molecule has 0 bridgehead atoms. The zero-order chi connectivity index (χ0) is 17.7. The summed E-state index contributed by atoms with van der Waals surface area (Å²) in [5, 5.41) is 11.7. The van der Waals surface area contributed by atoms with Crippen molar-refractivity contribution in [3.63, 3.8) is 0 Å². The number of nitrogens with one attached hydrogen (secondary N) is 1. The Bertz CT molecular complexity index is 692. The lowest BCUT2D eigenvalue weighted by Gasteiger charge is -2.22. The van der Waals surface area contributed by atoms with Crippen LogP contribution >= 0.6 is 24.0 Å². The van der Waals surface area contributed by atoms with Crippen LogP contribution in [-0.2, 0) is 20.0 Å². The van der Waals surface area contributed by atoms with Crippen LogP contribution in [0.3, 0.4) is 0 Å². The Morgan fingerprint density at radius 2 is 2.16 bits per heavy atom. The van der Waals surface area contributed by atoms with Gasteiger partial charge in [0, 0.05) is 52.4 Å². The van der Waals surface area contributed by atoms with Crippen molar-refractivity contribution in [2.75, 3.05) is 20.6 Å². The Balaban J connectivity index is 0.00000312. The number of hydrogen-bond acceptors (Lipinski definition) is 5. The van der Waals surface area contributed by atoms with Crippen molar-refractivity contribution in [1.29, 1.82) is 0 Å². The second-order valence-corrected chi connectivity index (χ2v) is 6.18. The monoisotopic (exact) mass is 461 g/mol. The summed E-state index contributed by atoms with van der Waals surface area (Å²) in [6.07, 6.45) is 2.73. The van der Waals surface area contributed by atoms with E-state index in [-0.39, 0.29) is 24.0 Å². The number of halogens is 1. The summed E-state index contributed by atoms with van der Waals surface area (Å²) in [6.45, 7) is 7.56. The van der Waals surface area contributed by atoms with Gasteiger partial charge in [-0.15, -0.1) is 24.0 Å². The first kappa shape index (κ1) is 21.4. The molecule has 140 valence electrons. The van der Waals surface area contributed by atoms with E-state index in [2.05, 4.69) is 50.5 Å². The first-order chi connectivity index (χ1) is 11.4. The molecule has 0 aliphatic heterocycles. The smallest absolute Gasteiger partial charge is 0.228 e. The van der Waals surface area contributed by atoms with Crippen molar-refractivity contribution >= 4 is 29.9 Å². The zero-order valence-corrected chi connectivity index (χ0v) is 18.1. The van der Waals surface area contributed by atoms with Gasteiger partial charge in [-0.25, -0.2) is 0 Å². The van der Waals surface area contributed by atoms with Crippen LogP contribution in [-0.4, -0.2) is 51.4 Å². The number of hydrogen-bond donors (Lipinski definition) is 1. The third-order valence-corrected chi connectivity index (χ3v) is 3.66. The van der Waals surface area contributed by atoms with Gasteiger partial charge in [0.2, 0.25) is 5.89 Å². The maximum absolute atomic E-state index is 5.12. The van der Waals surface area contributed by atoms with E-state index >= 15 is 0 Å². The van der Waals surface area contributed by atoms with Crippen molar-refractivity contribution in [3.8, 4) is 0 Å². The SMILES string of the molecule is CN=C(NCCc1nc(C)no1)N(C)Cc1cn(C)nc1C(C)C.I. The third kappa shape index (κ3) is 5.98. The lowest BCUT2D eigenvalue weighted by atomic mass is 10.1. The van der Waals surface area contributed by atoms with E-state index in [1.165, 1.54) is 5.56 Å². The van der Waals surface area contributed by atoms with Gasteiger partial charge in [-0.05, 0) is 12.8 Å². The molecule has 8 nitrogen and oxygen atoms in total. The largest absolute Gasteiger partial charge is 0.356 e. The summed E-state index contributed by atoms with van der Waals surface area (Å²) in [6, 6.07) is 0. The fourth-order valence-electron chi connectivity index (χ4n) is 2.60. The summed E-state index contributed by atoms with van der Waals surface area (Å²) in [5.74, 6) is 2.51. The first-order valence-electron chi connectivity index (χ1n) is 8.14. The lowest BCUT2D eigenvalue weighted by molar-refractivity contribution is 0.373. The summed E-state index contributed by atoms with van der Waals surface area (Å²) in [7, 11) is 5.75. The molecule has 9 heteroatoms. The van der Waals surface area contributed by atoms with Crippen molar-refractivity contribution < 1.29 is 4.52 Å². The minimum absolute atomic E-state index is 0. The molecule has 0 amide bonds. The van der Waals surface area contributed by atoms with Gasteiger partial charge in [-0.2, -0.15) is 10.1 Å². The lowest BCUT2D eigenvalue weighted by Crippen LogP contribution is -2.39. The molecule has 2 heterocycles. The highest BCUT2D eigenvalue weighted by atomic mass is 127. The minimum Gasteiger partial charge on any atom is -0.356 e. The van der Waals surface area contributed by atoms with Gasteiger partial charge in [0.05, 0.1) is 5.69 Å². The van der Waals surface area contributed by atoms with E-state index in [1.54, 1.807) is 7.05 Å². The summed E-state index contributed by atoms with van der Waals surface area (Å²) >= 11 is 0. The van der Waals surface area contributed by atoms with Crippen LogP contribution in [0.2, 0.25) is 0 Å². The van der Waals surface area contributed by atoms with Crippen molar-refractivity contribution in [2.45, 2.75) is 39.7 Å². The Hall–Kier alpha value is -1.65. The Labute approximate surface area is 166 Å². The highest BCUT2D eigenvalue weighted by Gasteiger charge is 2.15. The number of guanidine groups is 1. The van der Waals surface area contributed by atoms with Gasteiger partial charge in [-0.1, -0.05) is 19.0 Å². The molecule has 2 aromatic heterocycles. The fraction of sp³-hybridized carbons (Fsp3) is 0.625. The van der Waals surface area contributed by atoms with Gasteiger partial charge in [-0.3, -0.25) is 9.67 Å². The first-order valence-corrected chi connectivity index (χ1v) is 8.14. The summed E-state index contributed by atoms with van der Waals surface area (Å²) in [5.41, 5.74) is 2.34.